The fourth-order valence-corrected chi connectivity index (χ4v) is 5.99. The van der Waals surface area contributed by atoms with Crippen molar-refractivity contribution in [1.29, 1.82) is 0 Å². The number of carbonyl (C=O) groups is 2. The zero-order chi connectivity index (χ0) is 25.9. The fourth-order valence-electron chi connectivity index (χ4n) is 5.99. The van der Waals surface area contributed by atoms with E-state index in [0.29, 0.717) is 13.1 Å². The summed E-state index contributed by atoms with van der Waals surface area (Å²) in [6.45, 7) is 11.7. The average Bonchev–Trinajstić information content (AvgIpc) is 2.84. The first kappa shape index (κ1) is 26.4. The molecule has 194 valence electrons. The molecule has 2 aromatic carbocycles. The number of amides is 1. The molecule has 2 saturated heterocycles. The standard InChI is InChI=1S/C30H40N2O4/c1-6-35-28(34)26-25(23-16-11-8-12-17-23)24(36-32-29(2,3)18-13-19-30(32,4)5)21-31(27(26)33)20-22-14-9-7-10-15-22/h7-12,14-17,24-26H,6,13,18-21H2,1-5H3/t24-,25-,26+/m1/s1. The molecule has 36 heavy (non-hydrogen) atoms. The summed E-state index contributed by atoms with van der Waals surface area (Å²) in [5.74, 6) is -2.10. The summed E-state index contributed by atoms with van der Waals surface area (Å²) >= 11 is 0. The Morgan fingerprint density at radius 3 is 2.11 bits per heavy atom. The van der Waals surface area contributed by atoms with Crippen LogP contribution in [0.1, 0.15) is 70.9 Å². The second-order valence-corrected chi connectivity index (χ2v) is 11.3. The maximum atomic E-state index is 13.9. The predicted molar refractivity (Wildman–Crippen MR) is 140 cm³/mol. The Labute approximate surface area is 215 Å². The van der Waals surface area contributed by atoms with Gasteiger partial charge in [-0.25, -0.2) is 0 Å². The normalized spacial score (nSPS) is 26.0. The number of likely N-dealkylation sites (tertiary alicyclic amines) is 1. The molecule has 1 amide bonds. The lowest BCUT2D eigenvalue weighted by Crippen LogP contribution is -2.63. The second kappa shape index (κ2) is 10.7. The largest absolute Gasteiger partial charge is 0.465 e. The summed E-state index contributed by atoms with van der Waals surface area (Å²) in [6, 6.07) is 19.7. The molecular formula is C30H40N2O4. The van der Waals surface area contributed by atoms with Crippen LogP contribution in [-0.2, 0) is 25.7 Å². The smallest absolute Gasteiger partial charge is 0.319 e. The van der Waals surface area contributed by atoms with Gasteiger partial charge >= 0.3 is 5.97 Å². The Morgan fingerprint density at radius 2 is 1.53 bits per heavy atom. The second-order valence-electron chi connectivity index (χ2n) is 11.3. The van der Waals surface area contributed by atoms with Crippen LogP contribution in [0, 0.1) is 5.92 Å². The van der Waals surface area contributed by atoms with Crippen molar-refractivity contribution in [2.24, 2.45) is 5.92 Å². The zero-order valence-electron chi connectivity index (χ0n) is 22.3. The minimum absolute atomic E-state index is 0.172. The van der Waals surface area contributed by atoms with Gasteiger partial charge in [-0.1, -0.05) is 60.7 Å². The van der Waals surface area contributed by atoms with Gasteiger partial charge in [-0.3, -0.25) is 14.4 Å². The van der Waals surface area contributed by atoms with E-state index in [-0.39, 0.29) is 23.6 Å². The van der Waals surface area contributed by atoms with Crippen molar-refractivity contribution in [3.05, 3.63) is 71.8 Å². The Hall–Kier alpha value is -2.70. The molecule has 3 atom stereocenters. The highest BCUT2D eigenvalue weighted by atomic mass is 16.7. The first-order valence-corrected chi connectivity index (χ1v) is 13.2. The van der Waals surface area contributed by atoms with Gasteiger partial charge in [0.25, 0.3) is 0 Å². The molecule has 0 saturated carbocycles. The molecule has 2 fully saturated rings. The number of benzene rings is 2. The van der Waals surface area contributed by atoms with Crippen molar-refractivity contribution in [3.63, 3.8) is 0 Å². The number of hydrogen-bond donors (Lipinski definition) is 0. The van der Waals surface area contributed by atoms with Gasteiger partial charge < -0.3 is 9.64 Å². The third-order valence-electron chi connectivity index (χ3n) is 7.60. The van der Waals surface area contributed by atoms with Crippen LogP contribution in [0.5, 0.6) is 0 Å². The molecule has 4 rings (SSSR count). The minimum atomic E-state index is -0.967. The van der Waals surface area contributed by atoms with Crippen LogP contribution in [0.2, 0.25) is 0 Å². The first-order chi connectivity index (χ1) is 17.1. The van der Waals surface area contributed by atoms with Gasteiger partial charge in [0.05, 0.1) is 6.61 Å². The van der Waals surface area contributed by atoms with E-state index in [2.05, 4.69) is 32.8 Å². The number of hydroxylamine groups is 2. The van der Waals surface area contributed by atoms with Crippen molar-refractivity contribution >= 4 is 11.9 Å². The van der Waals surface area contributed by atoms with Crippen LogP contribution in [-0.4, -0.2) is 52.2 Å². The summed E-state index contributed by atoms with van der Waals surface area (Å²) in [6.07, 6.45) is 2.77. The molecule has 2 aromatic rings. The number of hydrogen-bond acceptors (Lipinski definition) is 5. The van der Waals surface area contributed by atoms with E-state index in [1.54, 1.807) is 11.8 Å². The Balaban J connectivity index is 1.76. The molecule has 6 nitrogen and oxygen atoms in total. The molecule has 0 radical (unpaired) electrons. The SMILES string of the molecule is CCOC(=O)[C@@H]1C(=O)N(Cc2ccccc2)C[C@@H](ON2C(C)(C)CCCC2(C)C)[C@H]1c1ccccc1. The molecule has 0 aromatic heterocycles. The van der Waals surface area contributed by atoms with Gasteiger partial charge in [0.2, 0.25) is 5.91 Å². The van der Waals surface area contributed by atoms with Crippen molar-refractivity contribution in [2.45, 2.75) is 83.5 Å². The van der Waals surface area contributed by atoms with Crippen molar-refractivity contribution in [1.82, 2.24) is 9.96 Å². The van der Waals surface area contributed by atoms with E-state index >= 15 is 0 Å². The van der Waals surface area contributed by atoms with E-state index in [4.69, 9.17) is 9.57 Å². The maximum Gasteiger partial charge on any atom is 0.319 e. The number of ether oxygens (including phenoxy) is 1. The van der Waals surface area contributed by atoms with E-state index in [1.807, 2.05) is 60.7 Å². The Kier molecular flexibility index (Phi) is 7.86. The summed E-state index contributed by atoms with van der Waals surface area (Å²) in [5, 5.41) is 2.14. The third-order valence-corrected chi connectivity index (χ3v) is 7.60. The lowest BCUT2D eigenvalue weighted by atomic mass is 9.77. The monoisotopic (exact) mass is 492 g/mol. The lowest BCUT2D eigenvalue weighted by molar-refractivity contribution is -0.313. The van der Waals surface area contributed by atoms with Crippen LogP contribution in [0.4, 0.5) is 0 Å². The summed E-state index contributed by atoms with van der Waals surface area (Å²) in [4.78, 5) is 35.9. The first-order valence-electron chi connectivity index (χ1n) is 13.2. The molecule has 0 N–H and O–H groups in total. The number of nitrogens with zero attached hydrogens (tertiary/aromatic N) is 2. The molecular weight excluding hydrogens is 452 g/mol. The van der Waals surface area contributed by atoms with E-state index in [1.165, 1.54) is 0 Å². The van der Waals surface area contributed by atoms with Gasteiger partial charge in [0, 0.05) is 30.1 Å². The molecule has 6 heteroatoms. The van der Waals surface area contributed by atoms with Crippen LogP contribution in [0.15, 0.2) is 60.7 Å². The predicted octanol–water partition coefficient (Wildman–Crippen LogP) is 5.34. The van der Waals surface area contributed by atoms with Crippen molar-refractivity contribution < 1.29 is 19.2 Å². The molecule has 2 aliphatic rings. The van der Waals surface area contributed by atoms with E-state index in [0.717, 1.165) is 30.4 Å². The topological polar surface area (TPSA) is 59.1 Å². The van der Waals surface area contributed by atoms with Gasteiger partial charge in [0.1, 0.15) is 12.0 Å². The number of rotatable bonds is 7. The highest BCUT2D eigenvalue weighted by Gasteiger charge is 2.52. The van der Waals surface area contributed by atoms with E-state index in [9.17, 15) is 9.59 Å². The highest BCUT2D eigenvalue weighted by molar-refractivity contribution is 5.99. The van der Waals surface area contributed by atoms with Gasteiger partial charge in [-0.05, 0) is 65.0 Å². The summed E-state index contributed by atoms with van der Waals surface area (Å²) in [5.41, 5.74) is 1.59. The molecule has 2 heterocycles. The Bertz CT molecular complexity index is 1020. The molecule has 2 aliphatic heterocycles. The molecule has 0 unspecified atom stereocenters. The lowest BCUT2D eigenvalue weighted by Gasteiger charge is -2.54. The zero-order valence-corrected chi connectivity index (χ0v) is 22.3. The summed E-state index contributed by atoms with van der Waals surface area (Å²) in [7, 11) is 0. The third kappa shape index (κ3) is 5.50. The van der Waals surface area contributed by atoms with E-state index < -0.39 is 23.9 Å². The average molecular weight is 493 g/mol. The quantitative estimate of drug-likeness (QED) is 0.386. The maximum absolute atomic E-state index is 13.9. The Morgan fingerprint density at radius 1 is 0.944 bits per heavy atom. The van der Waals surface area contributed by atoms with Crippen molar-refractivity contribution in [3.8, 4) is 0 Å². The summed E-state index contributed by atoms with van der Waals surface area (Å²) < 4.78 is 5.47. The molecule has 0 aliphatic carbocycles. The van der Waals surface area contributed by atoms with Crippen LogP contribution < -0.4 is 0 Å². The van der Waals surface area contributed by atoms with Crippen LogP contribution in [0.3, 0.4) is 0 Å². The molecule has 0 bridgehead atoms. The van der Waals surface area contributed by atoms with Crippen LogP contribution >= 0.6 is 0 Å². The fraction of sp³-hybridized carbons (Fsp3) is 0.533. The van der Waals surface area contributed by atoms with Crippen LogP contribution in [0.25, 0.3) is 0 Å². The number of esters is 1. The van der Waals surface area contributed by atoms with Gasteiger partial charge in [-0.15, -0.1) is 0 Å². The number of carbonyl (C=O) groups excluding carboxylic acids is 2. The van der Waals surface area contributed by atoms with Gasteiger partial charge in [-0.2, -0.15) is 5.06 Å². The van der Waals surface area contributed by atoms with Crippen molar-refractivity contribution in [2.75, 3.05) is 13.2 Å². The highest BCUT2D eigenvalue weighted by Crippen LogP contribution is 2.43. The van der Waals surface area contributed by atoms with Gasteiger partial charge in [0.15, 0.2) is 0 Å². The molecule has 0 spiro atoms. The number of piperidine rings is 2. The minimum Gasteiger partial charge on any atom is -0.465 e.